The molecule has 2 rings (SSSR count). The van der Waals surface area contributed by atoms with Gasteiger partial charge in [0.2, 0.25) is 0 Å². The minimum absolute atomic E-state index is 0.0250. The molecule has 1 aromatic carbocycles. The lowest BCUT2D eigenvalue weighted by Gasteiger charge is -2.36. The summed E-state index contributed by atoms with van der Waals surface area (Å²) in [6.45, 7) is 5.43. The monoisotopic (exact) mass is 263 g/mol. The Morgan fingerprint density at radius 2 is 2.11 bits per heavy atom. The summed E-state index contributed by atoms with van der Waals surface area (Å²) >= 11 is 0. The van der Waals surface area contributed by atoms with Crippen molar-refractivity contribution >= 4 is 5.91 Å². The van der Waals surface area contributed by atoms with E-state index in [0.717, 1.165) is 18.6 Å². The maximum atomic E-state index is 12.3. The van der Waals surface area contributed by atoms with Crippen molar-refractivity contribution in [3.8, 4) is 5.75 Å². The first-order valence-corrected chi connectivity index (χ1v) is 6.76. The van der Waals surface area contributed by atoms with Crippen molar-refractivity contribution < 1.29 is 14.6 Å². The molecule has 0 spiro atoms. The summed E-state index contributed by atoms with van der Waals surface area (Å²) in [6, 6.07) is 7.16. The molecule has 1 N–H and O–H groups in total. The van der Waals surface area contributed by atoms with Gasteiger partial charge in [0.1, 0.15) is 5.75 Å². The highest BCUT2D eigenvalue weighted by Crippen LogP contribution is 2.22. The second kappa shape index (κ2) is 5.61. The van der Waals surface area contributed by atoms with Crippen molar-refractivity contribution in [3.63, 3.8) is 0 Å². The molecule has 0 radical (unpaired) electrons. The fraction of sp³-hybridized carbons (Fsp3) is 0.533. The summed E-state index contributed by atoms with van der Waals surface area (Å²) in [5.74, 6) is 0.743. The second-order valence-corrected chi connectivity index (χ2v) is 5.28. The maximum absolute atomic E-state index is 12.3. The Hall–Kier alpha value is -1.55. The van der Waals surface area contributed by atoms with Gasteiger partial charge in [-0.2, -0.15) is 0 Å². The van der Waals surface area contributed by atoms with Crippen LogP contribution in [0, 0.1) is 0 Å². The zero-order valence-corrected chi connectivity index (χ0v) is 11.6. The Bertz CT molecular complexity index is 439. The third-order valence-corrected chi connectivity index (χ3v) is 3.37. The Labute approximate surface area is 114 Å². The Morgan fingerprint density at radius 3 is 2.68 bits per heavy atom. The normalized spacial score (nSPS) is 23.2. The topological polar surface area (TPSA) is 49.8 Å². The van der Waals surface area contributed by atoms with Gasteiger partial charge >= 0.3 is 0 Å². The molecule has 1 heterocycles. The summed E-state index contributed by atoms with van der Waals surface area (Å²) in [4.78, 5) is 14.1. The molecule has 19 heavy (non-hydrogen) atoms. The fourth-order valence-corrected chi connectivity index (χ4v) is 2.44. The third-order valence-electron chi connectivity index (χ3n) is 3.37. The van der Waals surface area contributed by atoms with Crippen LogP contribution in [0.4, 0.5) is 0 Å². The van der Waals surface area contributed by atoms with Crippen LogP contribution in [0.2, 0.25) is 0 Å². The van der Waals surface area contributed by atoms with Gasteiger partial charge in [-0.25, -0.2) is 0 Å². The Balaban J connectivity index is 2.06. The molecule has 1 amide bonds. The zero-order chi connectivity index (χ0) is 13.9. The average Bonchev–Trinajstić information content (AvgIpc) is 2.38. The van der Waals surface area contributed by atoms with Crippen molar-refractivity contribution in [3.05, 3.63) is 29.8 Å². The van der Waals surface area contributed by atoms with Gasteiger partial charge in [-0.15, -0.1) is 0 Å². The van der Waals surface area contributed by atoms with E-state index in [9.17, 15) is 9.90 Å². The number of carbonyl (C=O) groups is 1. The van der Waals surface area contributed by atoms with E-state index in [1.54, 1.807) is 36.1 Å². The molecule has 1 atom stereocenters. The lowest BCUT2D eigenvalue weighted by atomic mass is 9.94. The first-order valence-electron chi connectivity index (χ1n) is 6.76. The van der Waals surface area contributed by atoms with Crippen LogP contribution in [0.1, 0.15) is 37.0 Å². The Morgan fingerprint density at radius 1 is 1.42 bits per heavy atom. The molecule has 1 aromatic rings. The molecule has 0 aliphatic carbocycles. The molecule has 0 saturated carbocycles. The average molecular weight is 263 g/mol. The second-order valence-electron chi connectivity index (χ2n) is 5.28. The predicted octanol–water partition coefficient (Wildman–Crippen LogP) is 2.07. The van der Waals surface area contributed by atoms with Gasteiger partial charge in [0.25, 0.3) is 5.91 Å². The molecular formula is C15H21NO3. The molecule has 4 heteroatoms. The van der Waals surface area contributed by atoms with Crippen molar-refractivity contribution in [1.29, 1.82) is 0 Å². The number of amides is 1. The number of carbonyl (C=O) groups excluding carboxylic acids is 1. The first-order chi connectivity index (χ1) is 9.02. The molecule has 4 nitrogen and oxygen atoms in total. The number of rotatable bonds is 3. The number of hydrogen-bond donors (Lipinski definition) is 1. The van der Waals surface area contributed by atoms with Crippen LogP contribution < -0.4 is 4.74 Å². The largest absolute Gasteiger partial charge is 0.494 e. The standard InChI is InChI=1S/C15H21NO3/c1-3-19-13-7-5-12(6-8-13)14(17)16-10-4-9-15(2,18)11-16/h5-8,18H,3-4,9-11H2,1-2H3. The lowest BCUT2D eigenvalue weighted by Crippen LogP contribution is -2.48. The van der Waals surface area contributed by atoms with Gasteiger partial charge in [-0.1, -0.05) is 0 Å². The summed E-state index contributed by atoms with van der Waals surface area (Å²) < 4.78 is 5.35. The summed E-state index contributed by atoms with van der Waals surface area (Å²) in [5, 5.41) is 10.0. The number of likely N-dealkylation sites (tertiary alicyclic amines) is 1. The van der Waals surface area contributed by atoms with E-state index in [2.05, 4.69) is 0 Å². The first kappa shape index (κ1) is 13.9. The van der Waals surface area contributed by atoms with Crippen LogP contribution in [0.15, 0.2) is 24.3 Å². The van der Waals surface area contributed by atoms with Crippen LogP contribution in [0.3, 0.4) is 0 Å². The van der Waals surface area contributed by atoms with E-state index in [0.29, 0.717) is 25.3 Å². The molecule has 1 saturated heterocycles. The minimum atomic E-state index is -0.765. The van der Waals surface area contributed by atoms with E-state index >= 15 is 0 Å². The van der Waals surface area contributed by atoms with Gasteiger partial charge in [0.05, 0.1) is 12.2 Å². The lowest BCUT2D eigenvalue weighted by molar-refractivity contribution is -0.0107. The van der Waals surface area contributed by atoms with Gasteiger partial charge in [-0.05, 0) is 51.0 Å². The highest BCUT2D eigenvalue weighted by molar-refractivity contribution is 5.94. The summed E-state index contributed by atoms with van der Waals surface area (Å²) in [6.07, 6.45) is 1.59. The number of nitrogens with zero attached hydrogens (tertiary/aromatic N) is 1. The van der Waals surface area contributed by atoms with Gasteiger partial charge in [0.15, 0.2) is 0 Å². The summed E-state index contributed by atoms with van der Waals surface area (Å²) in [7, 11) is 0. The molecule has 0 aromatic heterocycles. The van der Waals surface area contributed by atoms with Crippen molar-refractivity contribution in [2.45, 2.75) is 32.3 Å². The maximum Gasteiger partial charge on any atom is 0.253 e. The molecule has 1 aliphatic rings. The highest BCUT2D eigenvalue weighted by Gasteiger charge is 2.31. The number of aliphatic hydroxyl groups is 1. The van der Waals surface area contributed by atoms with Crippen molar-refractivity contribution in [2.24, 2.45) is 0 Å². The quantitative estimate of drug-likeness (QED) is 0.908. The van der Waals surface area contributed by atoms with E-state index in [4.69, 9.17) is 4.74 Å². The van der Waals surface area contributed by atoms with Gasteiger partial charge in [0, 0.05) is 18.7 Å². The Kier molecular flexibility index (Phi) is 4.10. The SMILES string of the molecule is CCOc1ccc(C(=O)N2CCCC(C)(O)C2)cc1. The fourth-order valence-electron chi connectivity index (χ4n) is 2.44. The third kappa shape index (κ3) is 3.47. The number of ether oxygens (including phenoxy) is 1. The van der Waals surface area contributed by atoms with E-state index in [1.807, 2.05) is 6.92 Å². The van der Waals surface area contributed by atoms with E-state index in [-0.39, 0.29) is 5.91 Å². The number of β-amino-alcohol motifs (C(OH)–C–C–N with tert-alkyl or cyclic N) is 1. The highest BCUT2D eigenvalue weighted by atomic mass is 16.5. The zero-order valence-electron chi connectivity index (χ0n) is 11.6. The summed E-state index contributed by atoms with van der Waals surface area (Å²) in [5.41, 5.74) is -0.125. The number of benzene rings is 1. The predicted molar refractivity (Wildman–Crippen MR) is 73.4 cm³/mol. The van der Waals surface area contributed by atoms with Crippen LogP contribution in [-0.2, 0) is 0 Å². The van der Waals surface area contributed by atoms with Crippen LogP contribution >= 0.6 is 0 Å². The van der Waals surface area contributed by atoms with Gasteiger partial charge in [-0.3, -0.25) is 4.79 Å². The van der Waals surface area contributed by atoms with Crippen molar-refractivity contribution in [2.75, 3.05) is 19.7 Å². The van der Waals surface area contributed by atoms with Crippen LogP contribution in [-0.4, -0.2) is 41.2 Å². The molecule has 0 bridgehead atoms. The van der Waals surface area contributed by atoms with E-state index in [1.165, 1.54) is 0 Å². The van der Waals surface area contributed by atoms with E-state index < -0.39 is 5.60 Å². The molecule has 104 valence electrons. The molecular weight excluding hydrogens is 242 g/mol. The smallest absolute Gasteiger partial charge is 0.253 e. The number of hydrogen-bond acceptors (Lipinski definition) is 3. The van der Waals surface area contributed by atoms with Crippen LogP contribution in [0.25, 0.3) is 0 Å². The molecule has 1 aliphatic heterocycles. The minimum Gasteiger partial charge on any atom is -0.494 e. The molecule has 1 fully saturated rings. The van der Waals surface area contributed by atoms with Crippen LogP contribution in [0.5, 0.6) is 5.75 Å². The van der Waals surface area contributed by atoms with Crippen molar-refractivity contribution in [1.82, 2.24) is 4.90 Å². The number of piperidine rings is 1. The molecule has 1 unspecified atom stereocenters. The van der Waals surface area contributed by atoms with Gasteiger partial charge < -0.3 is 14.7 Å².